The summed E-state index contributed by atoms with van der Waals surface area (Å²) in [6, 6.07) is 3.88. The third-order valence-electron chi connectivity index (χ3n) is 4.41. The Morgan fingerprint density at radius 2 is 2.40 bits per heavy atom. The van der Waals surface area contributed by atoms with E-state index >= 15 is 0 Å². The summed E-state index contributed by atoms with van der Waals surface area (Å²) in [7, 11) is 0. The molecule has 0 saturated carbocycles. The monoisotopic (exact) mass is 404 g/mol. The van der Waals surface area contributed by atoms with Gasteiger partial charge in [0, 0.05) is 35.9 Å². The molecule has 0 bridgehead atoms. The van der Waals surface area contributed by atoms with Crippen molar-refractivity contribution in [1.29, 1.82) is 0 Å². The van der Waals surface area contributed by atoms with Gasteiger partial charge in [0.05, 0.1) is 0 Å². The summed E-state index contributed by atoms with van der Waals surface area (Å²) in [5.74, 6) is 0.879. The van der Waals surface area contributed by atoms with Crippen LogP contribution in [0.15, 0.2) is 24.4 Å². The summed E-state index contributed by atoms with van der Waals surface area (Å²) in [5.41, 5.74) is 2.96. The molecule has 0 fully saturated rings. The van der Waals surface area contributed by atoms with Crippen LogP contribution in [0.25, 0.3) is 16.6 Å². The lowest BCUT2D eigenvalue weighted by Crippen LogP contribution is -2.38. The zero-order valence-electron chi connectivity index (χ0n) is 14.3. The van der Waals surface area contributed by atoms with Gasteiger partial charge >= 0.3 is 0 Å². The molecule has 3 rings (SSSR count). The second-order valence-corrected chi connectivity index (χ2v) is 7.96. The molecule has 2 amide bonds. The van der Waals surface area contributed by atoms with E-state index in [1.807, 2.05) is 30.2 Å². The quantitative estimate of drug-likeness (QED) is 0.593. The van der Waals surface area contributed by atoms with Crippen LogP contribution in [0.4, 0.5) is 5.82 Å². The standard InChI is InChI=1S/C18H21BrN4O2/c1-11-9-23(17(25)7-12(2)19)6-4-13(11)15-8-16(21-10-24)22-18-14(15)3-5-20-18/h3-5,8,10-12H,6-7,9H2,1-2H3,(H2,20,21,22,24). The molecule has 132 valence electrons. The number of alkyl halides is 1. The minimum Gasteiger partial charge on any atom is -0.346 e. The van der Waals surface area contributed by atoms with E-state index in [0.717, 1.165) is 16.6 Å². The number of carbonyl (C=O) groups excluding carboxylic acids is 2. The van der Waals surface area contributed by atoms with Gasteiger partial charge in [-0.1, -0.05) is 35.9 Å². The van der Waals surface area contributed by atoms with Crippen molar-refractivity contribution in [2.45, 2.75) is 25.1 Å². The number of hydrogen-bond acceptors (Lipinski definition) is 3. The third kappa shape index (κ3) is 3.76. The first-order chi connectivity index (χ1) is 12.0. The smallest absolute Gasteiger partial charge is 0.223 e. The van der Waals surface area contributed by atoms with E-state index < -0.39 is 0 Å². The molecule has 0 saturated heterocycles. The van der Waals surface area contributed by atoms with E-state index in [9.17, 15) is 9.59 Å². The zero-order valence-corrected chi connectivity index (χ0v) is 15.8. The van der Waals surface area contributed by atoms with Gasteiger partial charge in [0.1, 0.15) is 11.5 Å². The van der Waals surface area contributed by atoms with Crippen molar-refractivity contribution in [2.75, 3.05) is 18.4 Å². The van der Waals surface area contributed by atoms with Crippen molar-refractivity contribution in [3.8, 4) is 0 Å². The van der Waals surface area contributed by atoms with Crippen LogP contribution in [-0.4, -0.2) is 45.1 Å². The molecule has 25 heavy (non-hydrogen) atoms. The van der Waals surface area contributed by atoms with E-state index in [4.69, 9.17) is 0 Å². The summed E-state index contributed by atoms with van der Waals surface area (Å²) in [4.78, 5) is 32.6. The Morgan fingerprint density at radius 1 is 1.60 bits per heavy atom. The van der Waals surface area contributed by atoms with Crippen LogP contribution in [0.3, 0.4) is 0 Å². The lowest BCUT2D eigenvalue weighted by atomic mass is 9.89. The molecule has 2 unspecified atom stereocenters. The first-order valence-electron chi connectivity index (χ1n) is 8.30. The van der Waals surface area contributed by atoms with Gasteiger partial charge in [-0.25, -0.2) is 4.98 Å². The molecule has 2 N–H and O–H groups in total. The second kappa shape index (κ2) is 7.39. The average molecular weight is 405 g/mol. The number of aromatic nitrogens is 2. The zero-order chi connectivity index (χ0) is 18.0. The van der Waals surface area contributed by atoms with Gasteiger partial charge in [0.2, 0.25) is 12.3 Å². The maximum Gasteiger partial charge on any atom is 0.223 e. The molecule has 0 radical (unpaired) electrons. The number of pyridine rings is 1. The molecule has 2 aromatic rings. The summed E-state index contributed by atoms with van der Waals surface area (Å²) < 4.78 is 0. The minimum absolute atomic E-state index is 0.163. The lowest BCUT2D eigenvalue weighted by molar-refractivity contribution is -0.131. The third-order valence-corrected chi connectivity index (χ3v) is 4.74. The topological polar surface area (TPSA) is 78.1 Å². The molecule has 7 heteroatoms. The van der Waals surface area contributed by atoms with Crippen molar-refractivity contribution < 1.29 is 9.59 Å². The van der Waals surface area contributed by atoms with Gasteiger partial charge in [-0.3, -0.25) is 9.59 Å². The average Bonchev–Trinajstić information content (AvgIpc) is 3.02. The van der Waals surface area contributed by atoms with Crippen LogP contribution in [-0.2, 0) is 9.59 Å². The Kier molecular flexibility index (Phi) is 5.22. The predicted octanol–water partition coefficient (Wildman–Crippen LogP) is 3.17. The Bertz CT molecular complexity index is 828. The van der Waals surface area contributed by atoms with E-state index in [1.165, 1.54) is 5.57 Å². The van der Waals surface area contributed by atoms with E-state index in [-0.39, 0.29) is 16.7 Å². The first kappa shape index (κ1) is 17.7. The number of amides is 2. The first-order valence-corrected chi connectivity index (χ1v) is 9.21. The maximum absolute atomic E-state index is 12.3. The highest BCUT2D eigenvalue weighted by molar-refractivity contribution is 9.09. The Labute approximate surface area is 154 Å². The molecule has 3 heterocycles. The van der Waals surface area contributed by atoms with Crippen molar-refractivity contribution >= 4 is 50.7 Å². The van der Waals surface area contributed by atoms with Gasteiger partial charge in [-0.2, -0.15) is 0 Å². The Hall–Kier alpha value is -2.15. The molecular formula is C18H21BrN4O2. The van der Waals surface area contributed by atoms with Crippen LogP contribution >= 0.6 is 15.9 Å². The number of carbonyl (C=O) groups is 2. The fourth-order valence-electron chi connectivity index (χ4n) is 3.27. The van der Waals surface area contributed by atoms with Crippen LogP contribution in [0.5, 0.6) is 0 Å². The number of H-pyrrole nitrogens is 1. The normalized spacial score (nSPS) is 18.8. The molecule has 6 nitrogen and oxygen atoms in total. The highest BCUT2D eigenvalue weighted by Crippen LogP contribution is 2.33. The number of anilines is 1. The molecular weight excluding hydrogens is 384 g/mol. The number of aromatic amines is 1. The molecule has 2 atom stereocenters. The van der Waals surface area contributed by atoms with Gasteiger partial charge in [0.25, 0.3) is 0 Å². The molecule has 0 spiro atoms. The number of fused-ring (bicyclic) bond motifs is 1. The van der Waals surface area contributed by atoms with Gasteiger partial charge < -0.3 is 15.2 Å². The Morgan fingerprint density at radius 3 is 3.08 bits per heavy atom. The number of hydrogen-bond donors (Lipinski definition) is 2. The highest BCUT2D eigenvalue weighted by atomic mass is 79.9. The minimum atomic E-state index is 0.163. The van der Waals surface area contributed by atoms with Gasteiger partial charge in [-0.05, 0) is 29.2 Å². The SMILES string of the molecule is CC(Br)CC(=O)N1CC=C(c2cc(NC=O)nc3[nH]ccc23)C(C)C1. The molecule has 2 aromatic heterocycles. The van der Waals surface area contributed by atoms with E-state index in [0.29, 0.717) is 31.7 Å². The van der Waals surface area contributed by atoms with Crippen molar-refractivity contribution in [1.82, 2.24) is 14.9 Å². The van der Waals surface area contributed by atoms with Gasteiger partial charge in [0.15, 0.2) is 0 Å². The second-order valence-electron chi connectivity index (χ2n) is 6.40. The molecule has 1 aliphatic rings. The summed E-state index contributed by atoms with van der Waals surface area (Å²) >= 11 is 3.44. The summed E-state index contributed by atoms with van der Waals surface area (Å²) in [5, 5.41) is 3.64. The van der Waals surface area contributed by atoms with Gasteiger partial charge in [-0.15, -0.1) is 0 Å². The lowest BCUT2D eigenvalue weighted by Gasteiger charge is -2.32. The molecule has 0 aliphatic carbocycles. The van der Waals surface area contributed by atoms with E-state index in [1.54, 1.807) is 0 Å². The summed E-state index contributed by atoms with van der Waals surface area (Å²) in [6.45, 7) is 5.39. The summed E-state index contributed by atoms with van der Waals surface area (Å²) in [6.07, 6.45) is 5.08. The van der Waals surface area contributed by atoms with Crippen molar-refractivity contribution in [2.24, 2.45) is 5.92 Å². The highest BCUT2D eigenvalue weighted by Gasteiger charge is 2.25. The van der Waals surface area contributed by atoms with Crippen molar-refractivity contribution in [3.05, 3.63) is 30.0 Å². The molecule has 1 aliphatic heterocycles. The van der Waals surface area contributed by atoms with Crippen LogP contribution < -0.4 is 5.32 Å². The Balaban J connectivity index is 1.93. The fraction of sp³-hybridized carbons (Fsp3) is 0.389. The van der Waals surface area contributed by atoms with Crippen LogP contribution in [0.1, 0.15) is 25.8 Å². The fourth-order valence-corrected chi connectivity index (χ4v) is 3.55. The van der Waals surface area contributed by atoms with Crippen molar-refractivity contribution in [3.63, 3.8) is 0 Å². The largest absolute Gasteiger partial charge is 0.346 e. The number of nitrogens with one attached hydrogen (secondary N) is 2. The van der Waals surface area contributed by atoms with Crippen LogP contribution in [0, 0.1) is 5.92 Å². The van der Waals surface area contributed by atoms with E-state index in [2.05, 4.69) is 44.2 Å². The number of nitrogens with zero attached hydrogens (tertiary/aromatic N) is 2. The predicted molar refractivity (Wildman–Crippen MR) is 103 cm³/mol. The maximum atomic E-state index is 12.3. The van der Waals surface area contributed by atoms with Crippen LogP contribution in [0.2, 0.25) is 0 Å². The number of halogens is 1. The molecule has 0 aromatic carbocycles. The number of rotatable bonds is 5.